The Morgan fingerprint density at radius 3 is 2.69 bits per heavy atom. The van der Waals surface area contributed by atoms with Crippen molar-refractivity contribution < 1.29 is 18.3 Å². The molecule has 0 saturated heterocycles. The normalized spacial score (nSPS) is 16.7. The number of rotatable bonds is 1. The summed E-state index contributed by atoms with van der Waals surface area (Å²) in [6.45, 7) is 0.766. The van der Waals surface area contributed by atoms with Crippen LogP contribution in [0.2, 0.25) is 5.02 Å². The van der Waals surface area contributed by atoms with Crippen molar-refractivity contribution in [2.75, 3.05) is 13.2 Å². The van der Waals surface area contributed by atoms with Crippen molar-refractivity contribution in [1.82, 2.24) is 19.6 Å². The zero-order chi connectivity index (χ0) is 21.1. The number of nitrogens with zero attached hydrogens (tertiary/aromatic N) is 4. The van der Waals surface area contributed by atoms with Gasteiger partial charge < -0.3 is 9.47 Å². The SMILES string of the molecule is Cl.Fc1cnc(-c2cc3c(n4cnnc24)CCc2c(F)ccc4c2[C@H](CO4)CO3)c(Cl)c1. The van der Waals surface area contributed by atoms with Gasteiger partial charge in [0.1, 0.15) is 29.5 Å². The van der Waals surface area contributed by atoms with Gasteiger partial charge in [-0.05, 0) is 42.7 Å². The van der Waals surface area contributed by atoms with E-state index in [9.17, 15) is 8.78 Å². The monoisotopic (exact) mass is 476 g/mol. The zero-order valence-corrected chi connectivity index (χ0v) is 18.1. The summed E-state index contributed by atoms with van der Waals surface area (Å²) in [5, 5.41) is 8.42. The van der Waals surface area contributed by atoms with Crippen LogP contribution in [0.3, 0.4) is 0 Å². The van der Waals surface area contributed by atoms with Gasteiger partial charge in [0.2, 0.25) is 0 Å². The second kappa shape index (κ2) is 7.86. The molecule has 0 bridgehead atoms. The zero-order valence-electron chi connectivity index (χ0n) is 16.5. The first kappa shape index (κ1) is 20.9. The van der Waals surface area contributed by atoms with Crippen LogP contribution in [0.1, 0.15) is 22.7 Å². The minimum absolute atomic E-state index is 0. The second-order valence-corrected chi connectivity index (χ2v) is 8.04. The number of hydrogen-bond donors (Lipinski definition) is 0. The van der Waals surface area contributed by atoms with Crippen LogP contribution in [0.5, 0.6) is 11.5 Å². The average molecular weight is 477 g/mol. The molecular weight excluding hydrogens is 461 g/mol. The molecule has 0 radical (unpaired) electrons. The molecule has 0 amide bonds. The van der Waals surface area contributed by atoms with E-state index in [0.29, 0.717) is 60.0 Å². The highest BCUT2D eigenvalue weighted by Crippen LogP contribution is 2.41. The molecule has 0 aliphatic carbocycles. The topological polar surface area (TPSA) is 61.5 Å². The first-order chi connectivity index (χ1) is 15.1. The summed E-state index contributed by atoms with van der Waals surface area (Å²) in [5.74, 6) is 0.484. The third kappa shape index (κ3) is 3.17. The van der Waals surface area contributed by atoms with Gasteiger partial charge in [-0.3, -0.25) is 9.38 Å². The van der Waals surface area contributed by atoms with E-state index >= 15 is 0 Å². The van der Waals surface area contributed by atoms with E-state index in [2.05, 4.69) is 15.2 Å². The summed E-state index contributed by atoms with van der Waals surface area (Å²) >= 11 is 6.27. The molecule has 164 valence electrons. The van der Waals surface area contributed by atoms with Crippen molar-refractivity contribution in [2.45, 2.75) is 18.8 Å². The first-order valence-corrected chi connectivity index (χ1v) is 10.2. The Labute approximate surface area is 192 Å². The molecule has 6 nitrogen and oxygen atoms in total. The fourth-order valence-electron chi connectivity index (χ4n) is 4.45. The van der Waals surface area contributed by atoms with Gasteiger partial charge in [0.25, 0.3) is 0 Å². The summed E-state index contributed by atoms with van der Waals surface area (Å²) in [6, 6.07) is 6.14. The highest BCUT2D eigenvalue weighted by Gasteiger charge is 2.31. The lowest BCUT2D eigenvalue weighted by Gasteiger charge is -2.16. The Hall–Kier alpha value is -2.97. The summed E-state index contributed by atoms with van der Waals surface area (Å²) in [6.07, 6.45) is 3.67. The quantitative estimate of drug-likeness (QED) is 0.394. The third-order valence-electron chi connectivity index (χ3n) is 5.86. The number of benzene rings is 1. The molecule has 0 N–H and O–H groups in total. The molecule has 0 saturated carbocycles. The van der Waals surface area contributed by atoms with E-state index in [1.807, 2.05) is 0 Å². The third-order valence-corrected chi connectivity index (χ3v) is 6.15. The van der Waals surface area contributed by atoms with Crippen molar-refractivity contribution in [3.05, 3.63) is 70.3 Å². The van der Waals surface area contributed by atoms with Crippen LogP contribution in [0.15, 0.2) is 36.8 Å². The van der Waals surface area contributed by atoms with Crippen molar-refractivity contribution in [3.63, 3.8) is 0 Å². The van der Waals surface area contributed by atoms with Crippen LogP contribution < -0.4 is 9.47 Å². The largest absolute Gasteiger partial charge is 0.493 e. The lowest BCUT2D eigenvalue weighted by atomic mass is 9.93. The summed E-state index contributed by atoms with van der Waals surface area (Å²) in [5.41, 5.74) is 3.84. The van der Waals surface area contributed by atoms with Gasteiger partial charge in [-0.25, -0.2) is 8.78 Å². The van der Waals surface area contributed by atoms with E-state index in [4.69, 9.17) is 21.1 Å². The molecule has 4 aromatic rings. The molecule has 10 heteroatoms. The number of fused-ring (bicyclic) bond motifs is 3. The van der Waals surface area contributed by atoms with Crippen LogP contribution in [0, 0.1) is 11.6 Å². The lowest BCUT2D eigenvalue weighted by Crippen LogP contribution is -2.13. The fraction of sp³-hybridized carbons (Fsp3) is 0.227. The lowest BCUT2D eigenvalue weighted by molar-refractivity contribution is 0.246. The minimum Gasteiger partial charge on any atom is -0.493 e. The average Bonchev–Trinajstić information content (AvgIpc) is 3.40. The van der Waals surface area contributed by atoms with Crippen molar-refractivity contribution in [2.24, 2.45) is 0 Å². The first-order valence-electron chi connectivity index (χ1n) is 9.84. The maximum Gasteiger partial charge on any atom is 0.170 e. The maximum absolute atomic E-state index is 14.7. The highest BCUT2D eigenvalue weighted by molar-refractivity contribution is 6.33. The Morgan fingerprint density at radius 2 is 1.88 bits per heavy atom. The second-order valence-electron chi connectivity index (χ2n) is 7.63. The number of halogens is 4. The van der Waals surface area contributed by atoms with Crippen LogP contribution >= 0.6 is 24.0 Å². The van der Waals surface area contributed by atoms with Crippen LogP contribution in [-0.2, 0) is 12.8 Å². The van der Waals surface area contributed by atoms with E-state index in [-0.39, 0.29) is 29.2 Å². The van der Waals surface area contributed by atoms with Gasteiger partial charge in [-0.15, -0.1) is 22.6 Å². The summed E-state index contributed by atoms with van der Waals surface area (Å²) in [7, 11) is 0. The standard InChI is InChI=1S/C22H15ClF2N4O2.ClH/c23-15-5-12(24)7-26-21(15)14-6-19-17(29-10-27-28-22(14)29)3-1-13-16(25)2-4-18-20(13)11(8-30-18)9-31-19;/h2,4-7,10-11H,1,3,8-9H2;1H/t11-;/m1./s1. The number of aryl methyl sites for hydroxylation is 1. The number of pyridine rings is 2. The van der Waals surface area contributed by atoms with Gasteiger partial charge in [0.15, 0.2) is 5.65 Å². The molecule has 3 aromatic heterocycles. The van der Waals surface area contributed by atoms with Gasteiger partial charge in [-0.1, -0.05) is 11.6 Å². The summed E-state index contributed by atoms with van der Waals surface area (Å²) < 4.78 is 42.0. The predicted molar refractivity (Wildman–Crippen MR) is 116 cm³/mol. The van der Waals surface area contributed by atoms with Gasteiger partial charge >= 0.3 is 0 Å². The molecule has 32 heavy (non-hydrogen) atoms. The van der Waals surface area contributed by atoms with Gasteiger partial charge in [-0.2, -0.15) is 0 Å². The molecular formula is C22H16Cl2F2N4O2. The van der Waals surface area contributed by atoms with Crippen LogP contribution in [-0.4, -0.2) is 32.8 Å². The number of hydrogen-bond acceptors (Lipinski definition) is 5. The van der Waals surface area contributed by atoms with Crippen molar-refractivity contribution in [3.8, 4) is 22.8 Å². The fourth-order valence-corrected chi connectivity index (χ4v) is 4.71. The molecule has 0 spiro atoms. The van der Waals surface area contributed by atoms with Crippen molar-refractivity contribution in [1.29, 1.82) is 0 Å². The number of ether oxygens (including phenoxy) is 2. The highest BCUT2D eigenvalue weighted by atomic mass is 35.5. The molecule has 6 rings (SSSR count). The number of aromatic nitrogens is 4. The van der Waals surface area contributed by atoms with E-state index < -0.39 is 5.82 Å². The van der Waals surface area contributed by atoms with E-state index in [0.717, 1.165) is 17.5 Å². The van der Waals surface area contributed by atoms with Gasteiger partial charge in [0, 0.05) is 5.56 Å². The molecule has 5 heterocycles. The summed E-state index contributed by atoms with van der Waals surface area (Å²) in [4.78, 5) is 4.16. The van der Waals surface area contributed by atoms with E-state index in [1.54, 1.807) is 22.9 Å². The Balaban J connectivity index is 0.00000216. The minimum atomic E-state index is -0.526. The molecule has 0 unspecified atom stereocenters. The Kier molecular flexibility index (Phi) is 5.14. The molecule has 1 atom stereocenters. The van der Waals surface area contributed by atoms with Crippen LogP contribution in [0.4, 0.5) is 8.78 Å². The predicted octanol–water partition coefficient (Wildman–Crippen LogP) is 4.80. The van der Waals surface area contributed by atoms with Gasteiger partial charge in [0.05, 0.1) is 47.3 Å². The van der Waals surface area contributed by atoms with Crippen LogP contribution in [0.25, 0.3) is 16.9 Å². The molecule has 2 aliphatic rings. The molecule has 1 aromatic carbocycles. The van der Waals surface area contributed by atoms with E-state index in [1.165, 1.54) is 12.1 Å². The van der Waals surface area contributed by atoms with Crippen molar-refractivity contribution >= 4 is 29.7 Å². The smallest absolute Gasteiger partial charge is 0.170 e. The Bertz CT molecular complexity index is 1360. The Morgan fingerprint density at radius 1 is 1.06 bits per heavy atom. The molecule has 2 aliphatic heterocycles. The molecule has 0 fully saturated rings. The maximum atomic E-state index is 14.7.